The zero-order chi connectivity index (χ0) is 17.9. The number of para-hydroxylation sites is 1. The van der Waals surface area contributed by atoms with Crippen LogP contribution in [0.2, 0.25) is 0 Å². The lowest BCUT2D eigenvalue weighted by Crippen LogP contribution is -2.29. The molecule has 3 aromatic heterocycles. The Balaban J connectivity index is 1.39. The molecule has 0 bridgehead atoms. The molecule has 0 saturated heterocycles. The van der Waals surface area contributed by atoms with E-state index in [0.29, 0.717) is 17.1 Å². The molecule has 0 atom stereocenters. The number of fused-ring (bicyclic) bond motifs is 1. The number of nitrogens with zero attached hydrogens (tertiary/aromatic N) is 2. The van der Waals surface area contributed by atoms with Crippen LogP contribution < -0.4 is 5.32 Å². The normalized spacial score (nSPS) is 11.1. The van der Waals surface area contributed by atoms with Crippen LogP contribution in [0.15, 0.2) is 48.0 Å². The van der Waals surface area contributed by atoms with Gasteiger partial charge in [-0.25, -0.2) is 0 Å². The lowest BCUT2D eigenvalue weighted by Gasteiger charge is -2.07. The Morgan fingerprint density at radius 3 is 3.00 bits per heavy atom. The number of aromatic amines is 2. The first-order valence-electron chi connectivity index (χ1n) is 8.23. The molecule has 6 nitrogen and oxygen atoms in total. The van der Waals surface area contributed by atoms with Gasteiger partial charge in [0.05, 0.1) is 4.88 Å². The molecule has 0 radical (unpaired) electrons. The number of rotatable bonds is 6. The highest BCUT2D eigenvalue weighted by Gasteiger charge is 2.13. The number of benzene rings is 1. The van der Waals surface area contributed by atoms with E-state index in [9.17, 15) is 4.79 Å². The minimum absolute atomic E-state index is 0.0832. The smallest absolute Gasteiger partial charge is 0.240 e. The Bertz CT molecular complexity index is 1090. The van der Waals surface area contributed by atoms with E-state index in [4.69, 9.17) is 12.2 Å². The van der Waals surface area contributed by atoms with Crippen molar-refractivity contribution in [1.29, 1.82) is 0 Å². The molecule has 0 aliphatic carbocycles. The van der Waals surface area contributed by atoms with Gasteiger partial charge in [0.1, 0.15) is 6.54 Å². The maximum atomic E-state index is 12.4. The van der Waals surface area contributed by atoms with Crippen molar-refractivity contribution in [3.63, 3.8) is 0 Å². The Morgan fingerprint density at radius 2 is 2.15 bits per heavy atom. The first kappa shape index (κ1) is 16.7. The predicted molar refractivity (Wildman–Crippen MR) is 106 cm³/mol. The second-order valence-corrected chi connectivity index (χ2v) is 7.21. The van der Waals surface area contributed by atoms with E-state index in [1.165, 1.54) is 10.9 Å². The van der Waals surface area contributed by atoms with Crippen molar-refractivity contribution in [2.24, 2.45) is 0 Å². The molecule has 3 heterocycles. The quantitative estimate of drug-likeness (QED) is 0.446. The number of carbonyl (C=O) groups excluding carboxylic acids is 1. The number of thiophene rings is 1. The second kappa shape index (κ2) is 7.27. The molecule has 8 heteroatoms. The number of H-pyrrole nitrogens is 2. The fourth-order valence-corrected chi connectivity index (χ4v) is 3.85. The van der Waals surface area contributed by atoms with Gasteiger partial charge in [-0.2, -0.15) is 5.10 Å². The summed E-state index contributed by atoms with van der Waals surface area (Å²) in [5.41, 5.74) is 2.30. The van der Waals surface area contributed by atoms with Crippen LogP contribution in [-0.4, -0.2) is 32.2 Å². The molecular formula is C18H17N5OS2. The summed E-state index contributed by atoms with van der Waals surface area (Å²) in [4.78, 5) is 16.6. The minimum Gasteiger partial charge on any atom is -0.361 e. The van der Waals surface area contributed by atoms with Gasteiger partial charge in [-0.1, -0.05) is 24.3 Å². The van der Waals surface area contributed by atoms with Crippen LogP contribution in [0.4, 0.5) is 0 Å². The van der Waals surface area contributed by atoms with Crippen LogP contribution in [0, 0.1) is 4.77 Å². The summed E-state index contributed by atoms with van der Waals surface area (Å²) in [7, 11) is 0. The van der Waals surface area contributed by atoms with Crippen molar-refractivity contribution in [1.82, 2.24) is 25.1 Å². The van der Waals surface area contributed by atoms with Crippen LogP contribution >= 0.6 is 23.6 Å². The predicted octanol–water partition coefficient (Wildman–Crippen LogP) is 3.51. The van der Waals surface area contributed by atoms with Crippen LogP contribution in [0.3, 0.4) is 0 Å². The number of amides is 1. The largest absolute Gasteiger partial charge is 0.361 e. The summed E-state index contributed by atoms with van der Waals surface area (Å²) < 4.78 is 2.17. The standard InChI is InChI=1S/C18H17N5OS2/c24-16(11-23-17(21-22-18(23)25)15-6-3-9-26-15)19-8-7-12-10-20-14-5-2-1-4-13(12)14/h1-6,9-10,20H,7-8,11H2,(H,19,24)(H,22,25). The first-order valence-corrected chi connectivity index (χ1v) is 9.52. The van der Waals surface area contributed by atoms with Gasteiger partial charge in [0, 0.05) is 23.6 Å². The lowest BCUT2D eigenvalue weighted by atomic mass is 10.1. The third kappa shape index (κ3) is 3.33. The molecular weight excluding hydrogens is 366 g/mol. The van der Waals surface area contributed by atoms with Crippen LogP contribution in [-0.2, 0) is 17.8 Å². The molecule has 1 amide bonds. The molecule has 132 valence electrons. The van der Waals surface area contributed by atoms with Gasteiger partial charge in [-0.3, -0.25) is 14.5 Å². The fraction of sp³-hybridized carbons (Fsp3) is 0.167. The molecule has 0 unspecified atom stereocenters. The van der Waals surface area contributed by atoms with E-state index in [0.717, 1.165) is 16.8 Å². The zero-order valence-electron chi connectivity index (χ0n) is 13.9. The van der Waals surface area contributed by atoms with E-state index in [1.807, 2.05) is 41.9 Å². The highest BCUT2D eigenvalue weighted by Crippen LogP contribution is 2.22. The Kier molecular flexibility index (Phi) is 4.68. The summed E-state index contributed by atoms with van der Waals surface area (Å²) in [6, 6.07) is 12.1. The highest BCUT2D eigenvalue weighted by atomic mass is 32.1. The zero-order valence-corrected chi connectivity index (χ0v) is 15.5. The van der Waals surface area contributed by atoms with Crippen LogP contribution in [0.1, 0.15) is 5.56 Å². The summed E-state index contributed by atoms with van der Waals surface area (Å²) in [5, 5.41) is 13.1. The molecule has 0 aliphatic rings. The maximum absolute atomic E-state index is 12.4. The summed E-state index contributed by atoms with van der Waals surface area (Å²) in [6.07, 6.45) is 2.77. The number of carbonyl (C=O) groups is 1. The molecule has 4 rings (SSSR count). The summed E-state index contributed by atoms with van der Waals surface area (Å²) >= 11 is 6.82. The van der Waals surface area contributed by atoms with Gasteiger partial charge in [0.2, 0.25) is 5.91 Å². The molecule has 0 aliphatic heterocycles. The lowest BCUT2D eigenvalue weighted by molar-refractivity contribution is -0.121. The van der Waals surface area contributed by atoms with Crippen molar-refractivity contribution < 1.29 is 4.79 Å². The fourth-order valence-electron chi connectivity index (χ4n) is 2.93. The average molecular weight is 384 g/mol. The third-order valence-corrected chi connectivity index (χ3v) is 5.37. The molecule has 0 fully saturated rings. The minimum atomic E-state index is -0.0832. The van der Waals surface area contributed by atoms with E-state index < -0.39 is 0 Å². The van der Waals surface area contributed by atoms with E-state index >= 15 is 0 Å². The maximum Gasteiger partial charge on any atom is 0.240 e. The van der Waals surface area contributed by atoms with Crippen molar-refractivity contribution in [3.05, 3.63) is 58.3 Å². The molecule has 4 aromatic rings. The average Bonchev–Trinajstić information content (AvgIpc) is 3.37. The summed E-state index contributed by atoms with van der Waals surface area (Å²) in [6.45, 7) is 0.719. The molecule has 0 saturated carbocycles. The van der Waals surface area contributed by atoms with E-state index in [1.54, 1.807) is 15.9 Å². The number of hydrogen-bond acceptors (Lipinski definition) is 4. The highest BCUT2D eigenvalue weighted by molar-refractivity contribution is 7.71. The Morgan fingerprint density at radius 1 is 1.27 bits per heavy atom. The van der Waals surface area contributed by atoms with E-state index in [-0.39, 0.29) is 12.5 Å². The van der Waals surface area contributed by atoms with Gasteiger partial charge in [0.25, 0.3) is 0 Å². The monoisotopic (exact) mass is 383 g/mol. The first-order chi connectivity index (χ1) is 12.7. The summed E-state index contributed by atoms with van der Waals surface area (Å²) in [5.74, 6) is 0.608. The van der Waals surface area contributed by atoms with Crippen molar-refractivity contribution in [3.8, 4) is 10.7 Å². The number of hydrogen-bond donors (Lipinski definition) is 3. The molecule has 1 aromatic carbocycles. The van der Waals surface area contributed by atoms with Crippen molar-refractivity contribution in [2.75, 3.05) is 6.54 Å². The number of nitrogens with one attached hydrogen (secondary N) is 3. The van der Waals surface area contributed by atoms with Gasteiger partial charge < -0.3 is 10.3 Å². The van der Waals surface area contributed by atoms with Crippen molar-refractivity contribution in [2.45, 2.75) is 13.0 Å². The Labute approximate surface area is 158 Å². The topological polar surface area (TPSA) is 78.5 Å². The van der Waals surface area contributed by atoms with Gasteiger partial charge in [-0.05, 0) is 41.7 Å². The molecule has 0 spiro atoms. The Hall–Kier alpha value is -2.71. The van der Waals surface area contributed by atoms with E-state index in [2.05, 4.69) is 26.6 Å². The van der Waals surface area contributed by atoms with Gasteiger partial charge >= 0.3 is 0 Å². The van der Waals surface area contributed by atoms with Gasteiger partial charge in [0.15, 0.2) is 10.6 Å². The second-order valence-electron chi connectivity index (χ2n) is 5.88. The van der Waals surface area contributed by atoms with Gasteiger partial charge in [-0.15, -0.1) is 11.3 Å². The molecule has 3 N–H and O–H groups in total. The van der Waals surface area contributed by atoms with Crippen molar-refractivity contribution >= 4 is 40.4 Å². The number of aromatic nitrogens is 4. The SMILES string of the molecule is O=C(Cn1c(-c2cccs2)n[nH]c1=S)NCCc1c[nH]c2ccccc12. The molecule has 26 heavy (non-hydrogen) atoms. The van der Waals surface area contributed by atoms with Crippen LogP contribution in [0.25, 0.3) is 21.6 Å². The van der Waals surface area contributed by atoms with Crippen LogP contribution in [0.5, 0.6) is 0 Å². The third-order valence-electron chi connectivity index (χ3n) is 4.19.